The zero-order valence-corrected chi connectivity index (χ0v) is 12.2. The van der Waals surface area contributed by atoms with Gasteiger partial charge in [-0.2, -0.15) is 11.8 Å². The fourth-order valence-electron chi connectivity index (χ4n) is 1.94. The van der Waals surface area contributed by atoms with Gasteiger partial charge in [0.2, 0.25) is 0 Å². The molecular weight excluding hydrogens is 320 g/mol. The Morgan fingerprint density at radius 1 is 1.56 bits per heavy atom. The van der Waals surface area contributed by atoms with Crippen molar-refractivity contribution in [2.45, 2.75) is 6.04 Å². The highest BCUT2D eigenvalue weighted by atomic mass is 79.9. The van der Waals surface area contributed by atoms with Crippen LogP contribution in [0.4, 0.5) is 0 Å². The summed E-state index contributed by atoms with van der Waals surface area (Å²) in [6.45, 7) is 0.475. The molecule has 1 aliphatic heterocycles. The number of carbonyl (C=O) groups excluding carboxylic acids is 1. The molecule has 0 saturated carbocycles. The summed E-state index contributed by atoms with van der Waals surface area (Å²) in [7, 11) is 1.77. The molecule has 1 unspecified atom stereocenters. The minimum atomic E-state index is -0.941. The average Bonchev–Trinajstić information content (AvgIpc) is 2.67. The van der Waals surface area contributed by atoms with Gasteiger partial charge in [-0.15, -0.1) is 0 Å². The molecule has 1 saturated heterocycles. The molecule has 1 aliphatic rings. The quantitative estimate of drug-likeness (QED) is 0.889. The normalized spacial score (nSPS) is 19.9. The lowest BCUT2D eigenvalue weighted by atomic mass is 10.2. The molecule has 2 rings (SSSR count). The van der Waals surface area contributed by atoms with Crippen LogP contribution in [0.1, 0.15) is 10.5 Å². The van der Waals surface area contributed by atoms with Gasteiger partial charge in [0.05, 0.1) is 0 Å². The monoisotopic (exact) mass is 332 g/mol. The van der Waals surface area contributed by atoms with Crippen LogP contribution in [-0.2, 0) is 11.8 Å². The van der Waals surface area contributed by atoms with Crippen molar-refractivity contribution in [3.63, 3.8) is 0 Å². The van der Waals surface area contributed by atoms with E-state index in [0.29, 0.717) is 18.0 Å². The van der Waals surface area contributed by atoms with Crippen LogP contribution in [0.15, 0.2) is 16.7 Å². The molecule has 1 amide bonds. The second-order valence-electron chi connectivity index (χ2n) is 4.08. The first-order valence-corrected chi connectivity index (χ1v) is 7.39. The van der Waals surface area contributed by atoms with Crippen molar-refractivity contribution in [2.75, 3.05) is 18.1 Å². The largest absolute Gasteiger partial charge is 0.480 e. The number of rotatable bonds is 2. The maximum absolute atomic E-state index is 12.4. The van der Waals surface area contributed by atoms with Crippen LogP contribution < -0.4 is 0 Å². The summed E-state index contributed by atoms with van der Waals surface area (Å²) < 4.78 is 2.51. The van der Waals surface area contributed by atoms with Crippen molar-refractivity contribution < 1.29 is 14.7 Å². The zero-order chi connectivity index (χ0) is 13.3. The lowest BCUT2D eigenvalue weighted by Crippen LogP contribution is -2.50. The number of aryl methyl sites for hydroxylation is 1. The molecule has 0 spiro atoms. The molecular formula is C11H13BrN2O3S. The van der Waals surface area contributed by atoms with E-state index in [-0.39, 0.29) is 5.91 Å². The Morgan fingerprint density at radius 2 is 2.28 bits per heavy atom. The number of nitrogens with zero attached hydrogens (tertiary/aromatic N) is 2. The summed E-state index contributed by atoms with van der Waals surface area (Å²) in [4.78, 5) is 25.0. The molecule has 1 N–H and O–H groups in total. The van der Waals surface area contributed by atoms with Crippen LogP contribution in [-0.4, -0.2) is 50.5 Å². The van der Waals surface area contributed by atoms with Gasteiger partial charge in [-0.25, -0.2) is 4.79 Å². The van der Waals surface area contributed by atoms with Gasteiger partial charge in [-0.3, -0.25) is 4.79 Å². The number of aliphatic carboxylic acids is 1. The third-order valence-corrected chi connectivity index (χ3v) is 4.32. The highest BCUT2D eigenvalue weighted by Crippen LogP contribution is 2.21. The average molecular weight is 333 g/mol. The summed E-state index contributed by atoms with van der Waals surface area (Å²) in [5, 5.41) is 9.16. The number of thioether (sulfide) groups is 1. The summed E-state index contributed by atoms with van der Waals surface area (Å²) in [6, 6.07) is 0.980. The smallest absolute Gasteiger partial charge is 0.327 e. The number of carboxylic acids is 1. The van der Waals surface area contributed by atoms with Crippen LogP contribution in [0.2, 0.25) is 0 Å². The van der Waals surface area contributed by atoms with E-state index in [1.54, 1.807) is 35.6 Å². The molecule has 0 bridgehead atoms. The van der Waals surface area contributed by atoms with E-state index >= 15 is 0 Å². The fourth-order valence-corrected chi connectivity index (χ4v) is 3.50. The van der Waals surface area contributed by atoms with Crippen molar-refractivity contribution in [1.29, 1.82) is 0 Å². The van der Waals surface area contributed by atoms with Crippen LogP contribution in [0, 0.1) is 0 Å². The minimum absolute atomic E-state index is 0.226. The van der Waals surface area contributed by atoms with Gasteiger partial charge in [0.1, 0.15) is 11.7 Å². The number of aromatic nitrogens is 1. The topological polar surface area (TPSA) is 62.5 Å². The molecule has 18 heavy (non-hydrogen) atoms. The van der Waals surface area contributed by atoms with Gasteiger partial charge < -0.3 is 14.6 Å². The predicted molar refractivity (Wildman–Crippen MR) is 72.9 cm³/mol. The Kier molecular flexibility index (Phi) is 4.01. The van der Waals surface area contributed by atoms with E-state index in [1.165, 1.54) is 4.90 Å². The van der Waals surface area contributed by atoms with Crippen molar-refractivity contribution in [2.24, 2.45) is 7.05 Å². The van der Waals surface area contributed by atoms with Gasteiger partial charge in [0, 0.05) is 35.8 Å². The number of hydrogen-bond donors (Lipinski definition) is 1. The van der Waals surface area contributed by atoms with E-state index in [9.17, 15) is 9.59 Å². The second kappa shape index (κ2) is 5.36. The van der Waals surface area contributed by atoms with E-state index in [4.69, 9.17) is 5.11 Å². The maximum atomic E-state index is 12.4. The molecule has 2 heterocycles. The lowest BCUT2D eigenvalue weighted by Gasteiger charge is -2.32. The minimum Gasteiger partial charge on any atom is -0.480 e. The Hall–Kier alpha value is -0.950. The third kappa shape index (κ3) is 2.56. The van der Waals surface area contributed by atoms with Gasteiger partial charge >= 0.3 is 5.97 Å². The first-order valence-electron chi connectivity index (χ1n) is 5.44. The molecule has 7 heteroatoms. The number of carboxylic acid groups (broad SMARTS) is 1. The summed E-state index contributed by atoms with van der Waals surface area (Å²) in [5.74, 6) is 0.0630. The standard InChI is InChI=1S/C11H13BrN2O3S/c1-13-5-7(12)4-8(13)10(15)14-2-3-18-6-9(14)11(16)17/h4-5,9H,2-3,6H2,1H3,(H,16,17). The number of hydrogen-bond acceptors (Lipinski definition) is 3. The molecule has 1 aromatic rings. The summed E-state index contributed by atoms with van der Waals surface area (Å²) in [6.07, 6.45) is 1.78. The molecule has 1 atom stereocenters. The van der Waals surface area contributed by atoms with E-state index in [1.807, 2.05) is 0 Å². The third-order valence-electron chi connectivity index (χ3n) is 2.87. The first-order chi connectivity index (χ1) is 8.50. The van der Waals surface area contributed by atoms with Crippen molar-refractivity contribution >= 4 is 39.6 Å². The van der Waals surface area contributed by atoms with Crippen LogP contribution >= 0.6 is 27.7 Å². The number of halogens is 1. The van der Waals surface area contributed by atoms with Crippen molar-refractivity contribution in [3.8, 4) is 0 Å². The molecule has 1 fully saturated rings. The van der Waals surface area contributed by atoms with Crippen LogP contribution in [0.25, 0.3) is 0 Å². The highest BCUT2D eigenvalue weighted by Gasteiger charge is 2.33. The van der Waals surface area contributed by atoms with E-state index in [0.717, 1.165) is 10.2 Å². The number of carbonyl (C=O) groups is 2. The highest BCUT2D eigenvalue weighted by molar-refractivity contribution is 9.10. The summed E-state index contributed by atoms with van der Waals surface area (Å²) >= 11 is 4.87. The van der Waals surface area contributed by atoms with Crippen molar-refractivity contribution in [1.82, 2.24) is 9.47 Å². The molecule has 98 valence electrons. The Morgan fingerprint density at radius 3 is 2.83 bits per heavy atom. The molecule has 0 aromatic carbocycles. The molecule has 5 nitrogen and oxygen atoms in total. The summed E-state index contributed by atoms with van der Waals surface area (Å²) in [5.41, 5.74) is 0.500. The van der Waals surface area contributed by atoms with Crippen LogP contribution in [0.5, 0.6) is 0 Å². The fraction of sp³-hybridized carbons (Fsp3) is 0.455. The number of amides is 1. The Balaban J connectivity index is 2.26. The Labute approximate surface area is 117 Å². The van der Waals surface area contributed by atoms with Gasteiger partial charge in [0.25, 0.3) is 5.91 Å². The van der Waals surface area contributed by atoms with Gasteiger partial charge in [-0.1, -0.05) is 0 Å². The molecule has 1 aromatic heterocycles. The Bertz CT molecular complexity index is 489. The molecule has 0 radical (unpaired) electrons. The van der Waals surface area contributed by atoms with E-state index in [2.05, 4.69) is 15.9 Å². The zero-order valence-electron chi connectivity index (χ0n) is 9.80. The SMILES string of the molecule is Cn1cc(Br)cc1C(=O)N1CCSCC1C(=O)O. The second-order valence-corrected chi connectivity index (χ2v) is 6.15. The lowest BCUT2D eigenvalue weighted by molar-refractivity contribution is -0.141. The van der Waals surface area contributed by atoms with Crippen molar-refractivity contribution in [3.05, 3.63) is 22.4 Å². The molecule has 0 aliphatic carbocycles. The van der Waals surface area contributed by atoms with Gasteiger partial charge in [0.15, 0.2) is 0 Å². The van der Waals surface area contributed by atoms with Crippen LogP contribution in [0.3, 0.4) is 0 Å². The maximum Gasteiger partial charge on any atom is 0.327 e. The predicted octanol–water partition coefficient (Wildman–Crippen LogP) is 1.43. The first kappa shape index (κ1) is 13.5. The van der Waals surface area contributed by atoms with Gasteiger partial charge in [-0.05, 0) is 22.0 Å². The van der Waals surface area contributed by atoms with E-state index < -0.39 is 12.0 Å².